The summed E-state index contributed by atoms with van der Waals surface area (Å²) in [6.07, 6.45) is 6.44. The zero-order valence-electron chi connectivity index (χ0n) is 16.0. The summed E-state index contributed by atoms with van der Waals surface area (Å²) in [5, 5.41) is 0. The van der Waals surface area contributed by atoms with Crippen LogP contribution < -0.4 is 0 Å². The molecule has 2 aliphatic rings. The van der Waals surface area contributed by atoms with Gasteiger partial charge >= 0.3 is 0 Å². The summed E-state index contributed by atoms with van der Waals surface area (Å²) >= 11 is 0. The van der Waals surface area contributed by atoms with Crippen LogP contribution >= 0.6 is 0 Å². The highest BCUT2D eigenvalue weighted by molar-refractivity contribution is 5.23. The van der Waals surface area contributed by atoms with Gasteiger partial charge in [-0.15, -0.1) is 0 Å². The van der Waals surface area contributed by atoms with Crippen LogP contribution in [0.5, 0.6) is 0 Å². The lowest BCUT2D eigenvalue weighted by atomic mass is 9.83. The Morgan fingerprint density at radius 3 is 2.12 bits per heavy atom. The molecule has 2 heterocycles. The van der Waals surface area contributed by atoms with Gasteiger partial charge in [0.25, 0.3) is 0 Å². The van der Waals surface area contributed by atoms with Crippen molar-refractivity contribution in [2.24, 2.45) is 0 Å². The molecule has 3 nitrogen and oxygen atoms in total. The molecule has 0 saturated carbocycles. The fourth-order valence-corrected chi connectivity index (χ4v) is 4.42. The molecule has 0 N–H and O–H groups in total. The number of ether oxygens (including phenoxy) is 1. The van der Waals surface area contributed by atoms with Crippen LogP contribution in [0.2, 0.25) is 0 Å². The summed E-state index contributed by atoms with van der Waals surface area (Å²) in [4.78, 5) is 0. The maximum absolute atomic E-state index is 6.69. The average Bonchev–Trinajstić information content (AvgIpc) is 2.58. The molecule has 1 aromatic carbocycles. The lowest BCUT2D eigenvalue weighted by Crippen LogP contribution is -2.54. The molecule has 0 atom stereocenters. The molecule has 3 rings (SSSR count). The monoisotopic (exact) mass is 332 g/mol. The van der Waals surface area contributed by atoms with Crippen LogP contribution in [0.3, 0.4) is 0 Å². The smallest absolute Gasteiger partial charge is 0.104 e. The van der Waals surface area contributed by atoms with Crippen LogP contribution in [-0.2, 0) is 10.3 Å². The Hall–Kier alpha value is -0.900. The Kier molecular flexibility index (Phi) is 5.33. The highest BCUT2D eigenvalue weighted by Gasteiger charge is 2.41. The summed E-state index contributed by atoms with van der Waals surface area (Å²) in [6, 6.07) is 11.0. The highest BCUT2D eigenvalue weighted by atomic mass is 16.5. The van der Waals surface area contributed by atoms with Gasteiger partial charge < -0.3 is 13.7 Å². The van der Waals surface area contributed by atoms with Gasteiger partial charge in [-0.2, -0.15) is 0 Å². The number of benzene rings is 1. The first-order chi connectivity index (χ1) is 11.4. The Balaban J connectivity index is 1.67. The number of likely N-dealkylation sites (tertiary alicyclic amines) is 2. The molecule has 0 amide bonds. The van der Waals surface area contributed by atoms with Crippen molar-refractivity contribution in [2.45, 2.75) is 37.7 Å². The zero-order chi connectivity index (χ0) is 17.1. The first kappa shape index (κ1) is 17.9. The fourth-order valence-electron chi connectivity index (χ4n) is 4.42. The Bertz CT molecular complexity index is 510. The third-order valence-corrected chi connectivity index (χ3v) is 6.45. The number of rotatable bonds is 5. The largest absolute Gasteiger partial charge is 0.364 e. The van der Waals surface area contributed by atoms with E-state index < -0.39 is 0 Å². The van der Waals surface area contributed by atoms with Gasteiger partial charge in [-0.1, -0.05) is 30.3 Å². The second-order valence-electron chi connectivity index (χ2n) is 8.94. The molecule has 0 radical (unpaired) electrons. The SMILES string of the molecule is C[N+]1(C)CCC(OCC[N+]2(C)CCCCC2)(c2ccccc2)CC1. The quantitative estimate of drug-likeness (QED) is 0.751. The molecule has 0 unspecified atom stereocenters. The summed E-state index contributed by atoms with van der Waals surface area (Å²) < 4.78 is 9.01. The molecular formula is C21H36N2O+2. The van der Waals surface area contributed by atoms with Crippen LogP contribution in [0.25, 0.3) is 0 Å². The molecule has 3 heteroatoms. The molecule has 2 aliphatic heterocycles. The number of nitrogens with zero attached hydrogens (tertiary/aromatic N) is 2. The van der Waals surface area contributed by atoms with Gasteiger partial charge in [0, 0.05) is 12.8 Å². The van der Waals surface area contributed by atoms with Gasteiger partial charge in [-0.3, -0.25) is 0 Å². The summed E-state index contributed by atoms with van der Waals surface area (Å²) in [5.41, 5.74) is 1.32. The molecule has 0 aliphatic carbocycles. The van der Waals surface area contributed by atoms with E-state index in [9.17, 15) is 0 Å². The van der Waals surface area contributed by atoms with Crippen molar-refractivity contribution < 1.29 is 13.7 Å². The minimum atomic E-state index is -0.0655. The molecule has 1 aromatic rings. The topological polar surface area (TPSA) is 9.23 Å². The number of piperidine rings is 2. The van der Waals surface area contributed by atoms with Gasteiger partial charge in [0.15, 0.2) is 0 Å². The van der Waals surface area contributed by atoms with Gasteiger partial charge in [0.1, 0.15) is 12.1 Å². The van der Waals surface area contributed by atoms with Crippen LogP contribution in [0, 0.1) is 0 Å². The van der Waals surface area contributed by atoms with Crippen LogP contribution in [0.1, 0.15) is 37.7 Å². The van der Waals surface area contributed by atoms with Crippen molar-refractivity contribution in [1.82, 2.24) is 0 Å². The van der Waals surface area contributed by atoms with E-state index in [-0.39, 0.29) is 5.60 Å². The predicted octanol–water partition coefficient (Wildman–Crippen LogP) is 3.40. The second-order valence-corrected chi connectivity index (χ2v) is 8.94. The third-order valence-electron chi connectivity index (χ3n) is 6.45. The lowest BCUT2D eigenvalue weighted by Gasteiger charge is -2.45. The van der Waals surface area contributed by atoms with Crippen molar-refractivity contribution in [1.29, 1.82) is 0 Å². The van der Waals surface area contributed by atoms with E-state index in [1.54, 1.807) is 0 Å². The van der Waals surface area contributed by atoms with Crippen molar-refractivity contribution in [2.75, 3.05) is 60.5 Å². The normalized spacial score (nSPS) is 25.3. The molecular weight excluding hydrogens is 296 g/mol. The molecule has 0 aromatic heterocycles. The zero-order valence-corrected chi connectivity index (χ0v) is 16.0. The Labute approximate surface area is 148 Å². The van der Waals surface area contributed by atoms with Gasteiger partial charge in [0.05, 0.1) is 53.9 Å². The van der Waals surface area contributed by atoms with Gasteiger partial charge in [0.2, 0.25) is 0 Å². The molecule has 2 fully saturated rings. The minimum absolute atomic E-state index is 0.0655. The van der Waals surface area contributed by atoms with Gasteiger partial charge in [-0.05, 0) is 24.8 Å². The van der Waals surface area contributed by atoms with E-state index >= 15 is 0 Å². The van der Waals surface area contributed by atoms with E-state index in [2.05, 4.69) is 51.5 Å². The molecule has 2 saturated heterocycles. The average molecular weight is 333 g/mol. The minimum Gasteiger partial charge on any atom is -0.364 e. The molecule has 24 heavy (non-hydrogen) atoms. The number of hydrogen-bond donors (Lipinski definition) is 0. The Morgan fingerprint density at radius 2 is 1.50 bits per heavy atom. The van der Waals surface area contributed by atoms with Crippen molar-refractivity contribution in [3.05, 3.63) is 35.9 Å². The second kappa shape index (κ2) is 7.15. The Morgan fingerprint density at radius 1 is 0.875 bits per heavy atom. The van der Waals surface area contributed by atoms with Crippen LogP contribution in [0.4, 0.5) is 0 Å². The van der Waals surface area contributed by atoms with E-state index in [4.69, 9.17) is 4.74 Å². The summed E-state index contributed by atoms with van der Waals surface area (Å²) in [7, 11) is 7.10. The number of quaternary nitrogens is 2. The number of hydrogen-bond acceptors (Lipinski definition) is 1. The van der Waals surface area contributed by atoms with Crippen LogP contribution in [-0.4, -0.2) is 69.4 Å². The van der Waals surface area contributed by atoms with Crippen LogP contribution in [0.15, 0.2) is 30.3 Å². The van der Waals surface area contributed by atoms with E-state index in [1.807, 2.05) is 0 Å². The summed E-state index contributed by atoms with van der Waals surface area (Å²) in [5.74, 6) is 0. The van der Waals surface area contributed by atoms with Crippen molar-refractivity contribution in [3.8, 4) is 0 Å². The summed E-state index contributed by atoms with van der Waals surface area (Å²) in [6.45, 7) is 7.09. The van der Waals surface area contributed by atoms with Gasteiger partial charge in [-0.25, -0.2) is 0 Å². The number of likely N-dealkylation sites (N-methyl/N-ethyl adjacent to an activating group) is 1. The predicted molar refractivity (Wildman–Crippen MR) is 99.8 cm³/mol. The fraction of sp³-hybridized carbons (Fsp3) is 0.714. The molecule has 134 valence electrons. The maximum Gasteiger partial charge on any atom is 0.104 e. The van der Waals surface area contributed by atoms with Crippen molar-refractivity contribution in [3.63, 3.8) is 0 Å². The first-order valence-corrected chi connectivity index (χ1v) is 9.78. The van der Waals surface area contributed by atoms with E-state index in [0.29, 0.717) is 0 Å². The van der Waals surface area contributed by atoms with E-state index in [1.165, 1.54) is 55.5 Å². The van der Waals surface area contributed by atoms with Crippen molar-refractivity contribution >= 4 is 0 Å². The molecule has 0 spiro atoms. The maximum atomic E-state index is 6.69. The lowest BCUT2D eigenvalue weighted by molar-refractivity contribution is -0.915. The highest BCUT2D eigenvalue weighted by Crippen LogP contribution is 2.38. The molecule has 0 bridgehead atoms. The standard InChI is InChI=1S/C21H36N2O/c1-22(2)16-12-21(13-17-22,20-10-6-4-7-11-20)24-19-18-23(3)14-8-5-9-15-23/h4,6-7,10-11H,5,8-9,12-19H2,1-3H3/q+2. The van der Waals surface area contributed by atoms with E-state index in [0.717, 1.165) is 30.5 Å². The first-order valence-electron chi connectivity index (χ1n) is 9.78. The third kappa shape index (κ3) is 4.19.